The van der Waals surface area contributed by atoms with Crippen molar-refractivity contribution in [1.29, 1.82) is 0 Å². The van der Waals surface area contributed by atoms with Gasteiger partial charge in [-0.25, -0.2) is 9.37 Å². The molecule has 2 heterocycles. The molecule has 0 bridgehead atoms. The Labute approximate surface area is 91.9 Å². The Morgan fingerprint density at radius 2 is 2.31 bits per heavy atom. The Kier molecular flexibility index (Phi) is 3.21. The highest BCUT2D eigenvalue weighted by Crippen LogP contribution is 2.13. The van der Waals surface area contributed by atoms with Crippen LogP contribution in [0.3, 0.4) is 0 Å². The van der Waals surface area contributed by atoms with Crippen LogP contribution in [0.1, 0.15) is 0 Å². The van der Waals surface area contributed by atoms with Gasteiger partial charge >= 0.3 is 0 Å². The number of halogens is 1. The second-order valence-electron chi connectivity index (χ2n) is 3.20. The van der Waals surface area contributed by atoms with Crippen LogP contribution in [0.2, 0.25) is 0 Å². The first-order chi connectivity index (χ1) is 7.81. The Balaban J connectivity index is 2.26. The van der Waals surface area contributed by atoms with Crippen molar-refractivity contribution in [2.75, 3.05) is 13.7 Å². The van der Waals surface area contributed by atoms with E-state index in [0.29, 0.717) is 24.7 Å². The normalized spacial score (nSPS) is 10.6. The minimum Gasteiger partial charge on any atom is -0.383 e. The molecule has 0 atom stereocenters. The number of rotatable bonds is 4. The summed E-state index contributed by atoms with van der Waals surface area (Å²) in [7, 11) is 1.63. The van der Waals surface area contributed by atoms with Gasteiger partial charge in [0.25, 0.3) is 0 Å². The quantitative estimate of drug-likeness (QED) is 0.778. The van der Waals surface area contributed by atoms with E-state index in [4.69, 9.17) is 4.74 Å². The maximum absolute atomic E-state index is 12.7. The van der Waals surface area contributed by atoms with E-state index in [9.17, 15) is 4.39 Å². The number of hydrogen-bond acceptors (Lipinski definition) is 4. The van der Waals surface area contributed by atoms with Gasteiger partial charge in [-0.05, 0) is 12.1 Å². The lowest BCUT2D eigenvalue weighted by Crippen LogP contribution is -2.05. The third kappa shape index (κ3) is 2.22. The first-order valence-corrected chi connectivity index (χ1v) is 4.80. The van der Waals surface area contributed by atoms with Crippen LogP contribution >= 0.6 is 0 Å². The van der Waals surface area contributed by atoms with Crippen LogP contribution in [-0.2, 0) is 11.3 Å². The van der Waals surface area contributed by atoms with Crippen LogP contribution in [0.4, 0.5) is 4.39 Å². The van der Waals surface area contributed by atoms with Gasteiger partial charge in [0.1, 0.15) is 17.8 Å². The summed E-state index contributed by atoms with van der Waals surface area (Å²) in [4.78, 5) is 3.95. The van der Waals surface area contributed by atoms with Crippen LogP contribution in [0, 0.1) is 5.82 Å². The van der Waals surface area contributed by atoms with E-state index in [1.165, 1.54) is 6.07 Å². The van der Waals surface area contributed by atoms with E-state index in [0.717, 1.165) is 6.20 Å². The molecule has 0 N–H and O–H groups in total. The van der Waals surface area contributed by atoms with Crippen molar-refractivity contribution in [1.82, 2.24) is 19.7 Å². The van der Waals surface area contributed by atoms with Crippen molar-refractivity contribution in [2.45, 2.75) is 6.54 Å². The molecule has 0 unspecified atom stereocenters. The van der Waals surface area contributed by atoms with E-state index in [2.05, 4.69) is 15.2 Å². The molecule has 2 rings (SSSR count). The number of ether oxygens (including phenoxy) is 1. The fourth-order valence-electron chi connectivity index (χ4n) is 1.31. The maximum Gasteiger partial charge on any atom is 0.182 e. The largest absolute Gasteiger partial charge is 0.383 e. The average Bonchev–Trinajstić information content (AvgIpc) is 2.75. The summed E-state index contributed by atoms with van der Waals surface area (Å²) in [6.45, 7) is 1.20. The predicted molar refractivity (Wildman–Crippen MR) is 55.1 cm³/mol. The van der Waals surface area contributed by atoms with Gasteiger partial charge in [-0.1, -0.05) is 0 Å². The third-order valence-electron chi connectivity index (χ3n) is 2.11. The summed E-state index contributed by atoms with van der Waals surface area (Å²) >= 11 is 0. The topological polar surface area (TPSA) is 52.8 Å². The fraction of sp³-hybridized carbons (Fsp3) is 0.300. The molecule has 0 radical (unpaired) electrons. The van der Waals surface area contributed by atoms with Crippen LogP contribution in [0.5, 0.6) is 0 Å². The van der Waals surface area contributed by atoms with Crippen molar-refractivity contribution in [3.8, 4) is 11.5 Å². The molecule has 5 nitrogen and oxygen atoms in total. The summed E-state index contributed by atoms with van der Waals surface area (Å²) in [5.41, 5.74) is 0.593. The third-order valence-corrected chi connectivity index (χ3v) is 2.11. The van der Waals surface area contributed by atoms with Gasteiger partial charge in [0.15, 0.2) is 5.82 Å². The molecule has 0 saturated heterocycles. The maximum atomic E-state index is 12.7. The summed E-state index contributed by atoms with van der Waals surface area (Å²) < 4.78 is 19.5. The van der Waals surface area contributed by atoms with Crippen LogP contribution < -0.4 is 0 Å². The summed E-state index contributed by atoms with van der Waals surface area (Å²) in [6, 6.07) is 2.92. The average molecular weight is 222 g/mol. The second-order valence-corrected chi connectivity index (χ2v) is 3.20. The number of methoxy groups -OCH3 is 1. The van der Waals surface area contributed by atoms with E-state index in [-0.39, 0.29) is 5.82 Å². The van der Waals surface area contributed by atoms with Crippen LogP contribution in [0.25, 0.3) is 11.5 Å². The standard InChI is InChI=1S/C10H11FN4O/c1-16-5-4-15-7-13-14-10(15)9-3-2-8(11)6-12-9/h2-3,6-7H,4-5H2,1H3. The summed E-state index contributed by atoms with van der Waals surface area (Å²) in [6.07, 6.45) is 2.75. The number of nitrogens with zero attached hydrogens (tertiary/aromatic N) is 4. The van der Waals surface area contributed by atoms with Gasteiger partial charge < -0.3 is 9.30 Å². The highest BCUT2D eigenvalue weighted by Gasteiger charge is 2.08. The Morgan fingerprint density at radius 1 is 1.44 bits per heavy atom. The molecule has 2 aromatic rings. The lowest BCUT2D eigenvalue weighted by Gasteiger charge is -2.04. The molecule has 0 amide bonds. The SMILES string of the molecule is COCCn1cnnc1-c1ccc(F)cn1. The van der Waals surface area contributed by atoms with Crippen molar-refractivity contribution in [3.05, 3.63) is 30.5 Å². The minimum absolute atomic E-state index is 0.369. The summed E-state index contributed by atoms with van der Waals surface area (Å²) in [5.74, 6) is 0.240. The zero-order valence-corrected chi connectivity index (χ0v) is 8.80. The second kappa shape index (κ2) is 4.80. The highest BCUT2D eigenvalue weighted by molar-refractivity contribution is 5.48. The molecule has 0 aliphatic heterocycles. The van der Waals surface area contributed by atoms with Gasteiger partial charge in [0.2, 0.25) is 0 Å². The van der Waals surface area contributed by atoms with E-state index < -0.39 is 0 Å². The molecule has 0 aliphatic rings. The smallest absolute Gasteiger partial charge is 0.182 e. The lowest BCUT2D eigenvalue weighted by atomic mass is 10.3. The first kappa shape index (κ1) is 10.7. The molecule has 2 aromatic heterocycles. The number of pyridine rings is 1. The Morgan fingerprint density at radius 3 is 3.00 bits per heavy atom. The number of aromatic nitrogens is 4. The van der Waals surface area contributed by atoms with Crippen molar-refractivity contribution < 1.29 is 9.13 Å². The van der Waals surface area contributed by atoms with Gasteiger partial charge in [-0.3, -0.25) is 0 Å². The number of hydrogen-bond donors (Lipinski definition) is 0. The molecular weight excluding hydrogens is 211 g/mol. The highest BCUT2D eigenvalue weighted by atomic mass is 19.1. The molecule has 84 valence electrons. The monoisotopic (exact) mass is 222 g/mol. The predicted octanol–water partition coefficient (Wildman–Crippen LogP) is 1.13. The van der Waals surface area contributed by atoms with E-state index >= 15 is 0 Å². The van der Waals surface area contributed by atoms with Gasteiger partial charge in [-0.15, -0.1) is 10.2 Å². The Bertz CT molecular complexity index is 454. The minimum atomic E-state index is -0.369. The molecule has 16 heavy (non-hydrogen) atoms. The zero-order valence-electron chi connectivity index (χ0n) is 8.80. The molecule has 0 aromatic carbocycles. The molecule has 0 fully saturated rings. The Hall–Kier alpha value is -1.82. The molecular formula is C10H11FN4O. The fourth-order valence-corrected chi connectivity index (χ4v) is 1.31. The van der Waals surface area contributed by atoms with Crippen LogP contribution in [0.15, 0.2) is 24.7 Å². The van der Waals surface area contributed by atoms with Crippen molar-refractivity contribution >= 4 is 0 Å². The van der Waals surface area contributed by atoms with E-state index in [1.54, 1.807) is 19.5 Å². The zero-order chi connectivity index (χ0) is 11.4. The van der Waals surface area contributed by atoms with Crippen molar-refractivity contribution in [2.24, 2.45) is 0 Å². The molecule has 6 heteroatoms. The molecule has 0 saturated carbocycles. The summed E-state index contributed by atoms with van der Waals surface area (Å²) in [5, 5.41) is 7.74. The van der Waals surface area contributed by atoms with Gasteiger partial charge in [0.05, 0.1) is 12.8 Å². The lowest BCUT2D eigenvalue weighted by molar-refractivity contribution is 0.187. The van der Waals surface area contributed by atoms with E-state index in [1.807, 2.05) is 4.57 Å². The van der Waals surface area contributed by atoms with Crippen molar-refractivity contribution in [3.63, 3.8) is 0 Å². The van der Waals surface area contributed by atoms with Gasteiger partial charge in [0, 0.05) is 13.7 Å². The van der Waals surface area contributed by atoms with Crippen LogP contribution in [-0.4, -0.2) is 33.5 Å². The molecule has 0 aliphatic carbocycles. The van der Waals surface area contributed by atoms with Gasteiger partial charge in [-0.2, -0.15) is 0 Å². The molecule has 0 spiro atoms. The first-order valence-electron chi connectivity index (χ1n) is 4.80.